The molecule has 0 aliphatic rings. The van der Waals surface area contributed by atoms with Gasteiger partial charge in [-0.1, -0.05) is 53.2 Å². The lowest BCUT2D eigenvalue weighted by molar-refractivity contribution is -0.137. The number of aromatic nitrogens is 3. The fraction of sp³-hybridized carbons (Fsp3) is 0.0870. The van der Waals surface area contributed by atoms with Gasteiger partial charge in [-0.05, 0) is 54.6 Å². The van der Waals surface area contributed by atoms with Crippen LogP contribution < -0.4 is 5.32 Å². The average Bonchev–Trinajstić information content (AvgIpc) is 3.23. The van der Waals surface area contributed by atoms with Crippen LogP contribution in [0.2, 0.25) is 10.0 Å². The number of nitrogens with one attached hydrogen (secondary N) is 1. The number of carbonyl (C=O) groups excluding carboxylic acids is 1. The quantitative estimate of drug-likeness (QED) is 0.277. The summed E-state index contributed by atoms with van der Waals surface area (Å²) in [5.74, 6) is -0.0513. The van der Waals surface area contributed by atoms with Gasteiger partial charge in [0, 0.05) is 22.0 Å². The summed E-state index contributed by atoms with van der Waals surface area (Å²) >= 11 is 12.7. The Hall–Kier alpha value is -3.01. The molecule has 0 fully saturated rings. The van der Waals surface area contributed by atoms with Gasteiger partial charge in [-0.25, -0.2) is 0 Å². The first-order chi connectivity index (χ1) is 16.2. The van der Waals surface area contributed by atoms with Crippen molar-refractivity contribution in [1.82, 2.24) is 14.8 Å². The van der Waals surface area contributed by atoms with Crippen LogP contribution in [-0.4, -0.2) is 26.4 Å². The molecule has 34 heavy (non-hydrogen) atoms. The summed E-state index contributed by atoms with van der Waals surface area (Å²) in [6.45, 7) is 0. The Morgan fingerprint density at radius 1 is 0.971 bits per heavy atom. The first-order valence-electron chi connectivity index (χ1n) is 9.78. The molecule has 5 nitrogen and oxygen atoms in total. The van der Waals surface area contributed by atoms with Crippen molar-refractivity contribution in [1.29, 1.82) is 0 Å². The second kappa shape index (κ2) is 10.1. The van der Waals surface area contributed by atoms with Gasteiger partial charge >= 0.3 is 6.18 Å². The number of para-hydroxylation sites is 1. The molecule has 1 aromatic heterocycles. The highest BCUT2D eigenvalue weighted by Crippen LogP contribution is 2.36. The Morgan fingerprint density at radius 2 is 1.68 bits per heavy atom. The van der Waals surface area contributed by atoms with Crippen molar-refractivity contribution >= 4 is 46.6 Å². The Bertz CT molecular complexity index is 1310. The molecule has 0 spiro atoms. The predicted molar refractivity (Wildman–Crippen MR) is 128 cm³/mol. The monoisotopic (exact) mass is 522 g/mol. The average molecular weight is 523 g/mol. The summed E-state index contributed by atoms with van der Waals surface area (Å²) < 4.78 is 41.0. The number of nitrogens with zero attached hydrogens (tertiary/aromatic N) is 3. The lowest BCUT2D eigenvalue weighted by Gasteiger charge is -2.12. The van der Waals surface area contributed by atoms with Gasteiger partial charge in [0.1, 0.15) is 0 Å². The molecule has 0 aliphatic carbocycles. The lowest BCUT2D eigenvalue weighted by atomic mass is 10.2. The number of hydrogen-bond acceptors (Lipinski definition) is 4. The zero-order valence-electron chi connectivity index (χ0n) is 17.2. The highest BCUT2D eigenvalue weighted by molar-refractivity contribution is 7.99. The van der Waals surface area contributed by atoms with Crippen LogP contribution in [0, 0.1) is 0 Å². The normalized spacial score (nSPS) is 11.4. The summed E-state index contributed by atoms with van der Waals surface area (Å²) in [6, 6.07) is 19.7. The molecule has 1 heterocycles. The first kappa shape index (κ1) is 24.1. The molecule has 4 aromatic rings. The standard InChI is InChI=1S/C23H15Cl2F3N4OS/c24-15-8-6-14(7-9-15)21-30-31-22(32(21)17-4-2-1-3-5-17)34-13-20(33)29-16-10-11-19(25)18(12-16)23(26,27)28/h1-12H,13H2,(H,29,33). The van der Waals surface area contributed by atoms with Crippen molar-refractivity contribution < 1.29 is 18.0 Å². The fourth-order valence-corrected chi connectivity index (χ4v) is 4.21. The zero-order chi connectivity index (χ0) is 24.3. The van der Waals surface area contributed by atoms with Crippen LogP contribution in [0.3, 0.4) is 0 Å². The van der Waals surface area contributed by atoms with E-state index in [1.807, 2.05) is 42.5 Å². The third kappa shape index (κ3) is 5.55. The van der Waals surface area contributed by atoms with Crippen molar-refractivity contribution in [2.45, 2.75) is 11.3 Å². The van der Waals surface area contributed by atoms with Gasteiger partial charge in [-0.3, -0.25) is 9.36 Å². The Labute approximate surface area is 206 Å². The number of benzene rings is 3. The number of anilines is 1. The van der Waals surface area contributed by atoms with Crippen LogP contribution in [0.4, 0.5) is 18.9 Å². The van der Waals surface area contributed by atoms with Gasteiger partial charge in [-0.2, -0.15) is 13.2 Å². The highest BCUT2D eigenvalue weighted by Gasteiger charge is 2.33. The van der Waals surface area contributed by atoms with E-state index < -0.39 is 22.7 Å². The number of carbonyl (C=O) groups is 1. The maximum atomic E-state index is 13.1. The lowest BCUT2D eigenvalue weighted by Crippen LogP contribution is -2.15. The molecule has 0 aliphatic heterocycles. The molecule has 0 radical (unpaired) electrons. The summed E-state index contributed by atoms with van der Waals surface area (Å²) in [5.41, 5.74) is 0.538. The first-order valence-corrected chi connectivity index (χ1v) is 11.5. The van der Waals surface area contributed by atoms with Gasteiger partial charge in [-0.15, -0.1) is 10.2 Å². The smallest absolute Gasteiger partial charge is 0.325 e. The van der Waals surface area contributed by atoms with Crippen molar-refractivity contribution in [2.24, 2.45) is 0 Å². The van der Waals surface area contributed by atoms with E-state index >= 15 is 0 Å². The van der Waals surface area contributed by atoms with E-state index in [4.69, 9.17) is 23.2 Å². The number of rotatable bonds is 6. The molecular formula is C23H15Cl2F3N4OS. The van der Waals surface area contributed by atoms with Gasteiger partial charge in [0.15, 0.2) is 11.0 Å². The van der Waals surface area contributed by atoms with Crippen LogP contribution in [-0.2, 0) is 11.0 Å². The third-order valence-corrected chi connectivity index (χ3v) is 6.15. The van der Waals surface area contributed by atoms with Gasteiger partial charge in [0.05, 0.1) is 16.3 Å². The third-order valence-electron chi connectivity index (χ3n) is 4.64. The fourth-order valence-electron chi connectivity index (χ4n) is 3.11. The van der Waals surface area contributed by atoms with Crippen molar-refractivity contribution in [2.75, 3.05) is 11.1 Å². The zero-order valence-corrected chi connectivity index (χ0v) is 19.5. The minimum atomic E-state index is -4.63. The van der Waals surface area contributed by atoms with Crippen molar-refractivity contribution in [3.8, 4) is 17.1 Å². The second-order valence-electron chi connectivity index (χ2n) is 7.01. The predicted octanol–water partition coefficient (Wildman–Crippen LogP) is 6.99. The number of amides is 1. The second-order valence-corrected chi connectivity index (χ2v) is 8.80. The molecule has 3 aromatic carbocycles. The molecule has 0 unspecified atom stereocenters. The summed E-state index contributed by atoms with van der Waals surface area (Å²) in [7, 11) is 0. The number of halogens is 5. The molecule has 0 saturated heterocycles. The van der Waals surface area contributed by atoms with Crippen molar-refractivity contribution in [3.63, 3.8) is 0 Å². The molecule has 0 bridgehead atoms. The van der Waals surface area contributed by atoms with Crippen LogP contribution in [0.25, 0.3) is 17.1 Å². The summed E-state index contributed by atoms with van der Waals surface area (Å²) in [6.07, 6.45) is -4.63. The summed E-state index contributed by atoms with van der Waals surface area (Å²) in [5, 5.41) is 11.6. The Morgan fingerprint density at radius 3 is 2.35 bits per heavy atom. The van der Waals surface area contributed by atoms with E-state index in [1.54, 1.807) is 16.7 Å². The van der Waals surface area contributed by atoms with E-state index in [0.29, 0.717) is 16.0 Å². The van der Waals surface area contributed by atoms with E-state index in [-0.39, 0.29) is 11.4 Å². The number of hydrogen-bond donors (Lipinski definition) is 1. The molecule has 1 amide bonds. The minimum Gasteiger partial charge on any atom is -0.325 e. The van der Waals surface area contributed by atoms with Crippen LogP contribution in [0.15, 0.2) is 78.0 Å². The van der Waals surface area contributed by atoms with E-state index in [0.717, 1.165) is 35.1 Å². The van der Waals surface area contributed by atoms with E-state index in [1.165, 1.54) is 6.07 Å². The molecule has 11 heteroatoms. The molecule has 4 rings (SSSR count). The summed E-state index contributed by atoms with van der Waals surface area (Å²) in [4.78, 5) is 12.5. The SMILES string of the molecule is O=C(CSc1nnc(-c2ccc(Cl)cc2)n1-c1ccccc1)Nc1ccc(Cl)c(C(F)(F)F)c1. The number of alkyl halides is 3. The van der Waals surface area contributed by atoms with Gasteiger partial charge < -0.3 is 5.32 Å². The highest BCUT2D eigenvalue weighted by atomic mass is 35.5. The van der Waals surface area contributed by atoms with Crippen LogP contribution >= 0.6 is 35.0 Å². The maximum Gasteiger partial charge on any atom is 0.417 e. The molecule has 0 atom stereocenters. The van der Waals surface area contributed by atoms with Crippen LogP contribution in [0.1, 0.15) is 5.56 Å². The molecule has 1 N–H and O–H groups in total. The minimum absolute atomic E-state index is 0.00583. The van der Waals surface area contributed by atoms with Gasteiger partial charge in [0.2, 0.25) is 5.91 Å². The van der Waals surface area contributed by atoms with E-state index in [2.05, 4.69) is 15.5 Å². The topological polar surface area (TPSA) is 59.8 Å². The Kier molecular flexibility index (Phi) is 7.16. The molecule has 174 valence electrons. The van der Waals surface area contributed by atoms with Gasteiger partial charge in [0.25, 0.3) is 0 Å². The number of thioether (sulfide) groups is 1. The molecular weight excluding hydrogens is 508 g/mol. The largest absolute Gasteiger partial charge is 0.417 e. The van der Waals surface area contributed by atoms with Crippen molar-refractivity contribution in [3.05, 3.63) is 88.4 Å². The Balaban J connectivity index is 1.55. The van der Waals surface area contributed by atoms with Crippen LogP contribution in [0.5, 0.6) is 0 Å². The molecule has 0 saturated carbocycles. The maximum absolute atomic E-state index is 13.1. The van der Waals surface area contributed by atoms with E-state index in [9.17, 15) is 18.0 Å².